The van der Waals surface area contributed by atoms with Crippen molar-refractivity contribution in [3.63, 3.8) is 0 Å². The topological polar surface area (TPSA) is 24.5 Å². The highest BCUT2D eigenvalue weighted by Gasteiger charge is 2.25. The van der Waals surface area contributed by atoms with Crippen molar-refractivity contribution >= 4 is 0 Å². The second-order valence-corrected chi connectivity index (χ2v) is 6.73. The average Bonchev–Trinajstić information content (AvgIpc) is 2.46. The molecule has 2 fully saturated rings. The second kappa shape index (κ2) is 7.61. The van der Waals surface area contributed by atoms with Gasteiger partial charge in [0.05, 0.1) is 6.10 Å². The van der Waals surface area contributed by atoms with E-state index in [4.69, 9.17) is 4.74 Å². The summed E-state index contributed by atoms with van der Waals surface area (Å²) in [5.74, 6) is 0.643. The van der Waals surface area contributed by atoms with E-state index in [2.05, 4.69) is 31.0 Å². The van der Waals surface area contributed by atoms with Crippen LogP contribution in [0.1, 0.15) is 52.9 Å². The highest BCUT2D eigenvalue weighted by Crippen LogP contribution is 2.20. The summed E-state index contributed by atoms with van der Waals surface area (Å²) in [5, 5.41) is 3.78. The molecule has 0 radical (unpaired) electrons. The van der Waals surface area contributed by atoms with Crippen LogP contribution in [0, 0.1) is 5.92 Å². The van der Waals surface area contributed by atoms with Crippen molar-refractivity contribution in [2.24, 2.45) is 5.92 Å². The molecule has 0 aromatic carbocycles. The predicted octanol–water partition coefficient (Wildman–Crippen LogP) is 2.65. The number of piperidine rings is 1. The summed E-state index contributed by atoms with van der Waals surface area (Å²) in [6.07, 6.45) is 7.01. The molecule has 0 aromatic heterocycles. The van der Waals surface area contributed by atoms with Gasteiger partial charge >= 0.3 is 0 Å². The van der Waals surface area contributed by atoms with Gasteiger partial charge in [0, 0.05) is 25.2 Å². The van der Waals surface area contributed by atoms with E-state index in [0.717, 1.165) is 13.2 Å². The second-order valence-electron chi connectivity index (χ2n) is 6.73. The monoisotopic (exact) mass is 268 g/mol. The zero-order valence-corrected chi connectivity index (χ0v) is 13.0. The van der Waals surface area contributed by atoms with E-state index in [0.29, 0.717) is 24.1 Å². The van der Waals surface area contributed by atoms with E-state index in [1.165, 1.54) is 45.2 Å². The molecule has 3 atom stereocenters. The molecule has 0 aromatic rings. The van der Waals surface area contributed by atoms with Crippen LogP contribution in [-0.4, -0.2) is 49.3 Å². The molecule has 2 aliphatic heterocycles. The lowest BCUT2D eigenvalue weighted by atomic mass is 9.95. The standard InChI is InChI=1S/C16H32N2O/c1-13(2)16-11-15(7-10-19-16)17-12-14(3)18-8-5-4-6-9-18/h13-17H,4-12H2,1-3H3. The van der Waals surface area contributed by atoms with Crippen LogP contribution in [0.2, 0.25) is 0 Å². The number of likely N-dealkylation sites (tertiary alicyclic amines) is 1. The molecule has 0 aliphatic carbocycles. The molecule has 3 unspecified atom stereocenters. The van der Waals surface area contributed by atoms with Crippen LogP contribution in [0.3, 0.4) is 0 Å². The van der Waals surface area contributed by atoms with Gasteiger partial charge in [0.25, 0.3) is 0 Å². The van der Waals surface area contributed by atoms with Gasteiger partial charge in [-0.05, 0) is 51.6 Å². The van der Waals surface area contributed by atoms with Gasteiger partial charge in [-0.15, -0.1) is 0 Å². The van der Waals surface area contributed by atoms with Gasteiger partial charge in [0.15, 0.2) is 0 Å². The number of nitrogens with one attached hydrogen (secondary N) is 1. The summed E-state index contributed by atoms with van der Waals surface area (Å²) < 4.78 is 5.84. The van der Waals surface area contributed by atoms with E-state index in [1.54, 1.807) is 0 Å². The SMILES string of the molecule is CC(C)C1CC(NCC(C)N2CCCCC2)CCO1. The normalized spacial score (nSPS) is 31.6. The summed E-state index contributed by atoms with van der Waals surface area (Å²) in [6.45, 7) is 11.6. The highest BCUT2D eigenvalue weighted by molar-refractivity contribution is 4.81. The molecule has 1 N–H and O–H groups in total. The smallest absolute Gasteiger partial charge is 0.0612 e. The first-order chi connectivity index (χ1) is 9.16. The lowest BCUT2D eigenvalue weighted by molar-refractivity contribution is -0.0251. The van der Waals surface area contributed by atoms with Crippen LogP contribution in [-0.2, 0) is 4.74 Å². The Morgan fingerprint density at radius 2 is 1.89 bits per heavy atom. The van der Waals surface area contributed by atoms with Crippen LogP contribution in [0.5, 0.6) is 0 Å². The van der Waals surface area contributed by atoms with Gasteiger partial charge in [-0.3, -0.25) is 4.90 Å². The largest absolute Gasteiger partial charge is 0.378 e. The summed E-state index contributed by atoms with van der Waals surface area (Å²) in [7, 11) is 0. The maximum atomic E-state index is 5.84. The zero-order valence-electron chi connectivity index (χ0n) is 13.0. The Labute approximate surface area is 119 Å². The minimum Gasteiger partial charge on any atom is -0.378 e. The van der Waals surface area contributed by atoms with Crippen LogP contribution in [0.25, 0.3) is 0 Å². The molecular formula is C16H32N2O. The van der Waals surface area contributed by atoms with Crippen molar-refractivity contribution in [1.82, 2.24) is 10.2 Å². The van der Waals surface area contributed by atoms with Crippen molar-refractivity contribution in [1.29, 1.82) is 0 Å². The van der Waals surface area contributed by atoms with Gasteiger partial charge in [0.1, 0.15) is 0 Å². The van der Waals surface area contributed by atoms with E-state index < -0.39 is 0 Å². The molecule has 3 heteroatoms. The maximum Gasteiger partial charge on any atom is 0.0612 e. The zero-order chi connectivity index (χ0) is 13.7. The van der Waals surface area contributed by atoms with Crippen molar-refractivity contribution in [3.05, 3.63) is 0 Å². The Morgan fingerprint density at radius 1 is 1.16 bits per heavy atom. The molecule has 0 bridgehead atoms. The summed E-state index contributed by atoms with van der Waals surface area (Å²) in [5.41, 5.74) is 0. The highest BCUT2D eigenvalue weighted by atomic mass is 16.5. The summed E-state index contributed by atoms with van der Waals surface area (Å²) in [6, 6.07) is 1.34. The average molecular weight is 268 g/mol. The van der Waals surface area contributed by atoms with Gasteiger partial charge in [-0.25, -0.2) is 0 Å². The molecule has 19 heavy (non-hydrogen) atoms. The third-order valence-corrected chi connectivity index (χ3v) is 4.77. The lowest BCUT2D eigenvalue weighted by Gasteiger charge is -2.36. The van der Waals surface area contributed by atoms with E-state index >= 15 is 0 Å². The van der Waals surface area contributed by atoms with Crippen molar-refractivity contribution in [2.75, 3.05) is 26.2 Å². The summed E-state index contributed by atoms with van der Waals surface area (Å²) in [4.78, 5) is 2.65. The Bertz CT molecular complexity index is 251. The molecule has 2 heterocycles. The maximum absolute atomic E-state index is 5.84. The molecule has 112 valence electrons. The molecule has 0 saturated carbocycles. The minimum atomic E-state index is 0.455. The van der Waals surface area contributed by atoms with Crippen molar-refractivity contribution in [2.45, 2.75) is 71.1 Å². The van der Waals surface area contributed by atoms with Gasteiger partial charge in [0.2, 0.25) is 0 Å². The first-order valence-electron chi connectivity index (χ1n) is 8.26. The molecule has 2 rings (SSSR count). The number of hydrogen-bond acceptors (Lipinski definition) is 3. The molecule has 3 nitrogen and oxygen atoms in total. The number of hydrogen-bond donors (Lipinski definition) is 1. The van der Waals surface area contributed by atoms with Gasteiger partial charge in [-0.2, -0.15) is 0 Å². The molecular weight excluding hydrogens is 236 g/mol. The van der Waals surface area contributed by atoms with Crippen LogP contribution < -0.4 is 5.32 Å². The fourth-order valence-corrected chi connectivity index (χ4v) is 3.30. The van der Waals surface area contributed by atoms with Crippen LogP contribution >= 0.6 is 0 Å². The van der Waals surface area contributed by atoms with E-state index in [-0.39, 0.29) is 0 Å². The van der Waals surface area contributed by atoms with Crippen molar-refractivity contribution in [3.8, 4) is 0 Å². The van der Waals surface area contributed by atoms with E-state index in [9.17, 15) is 0 Å². The molecule has 0 spiro atoms. The Hall–Kier alpha value is -0.120. The van der Waals surface area contributed by atoms with E-state index in [1.807, 2.05) is 0 Å². The molecule has 2 saturated heterocycles. The lowest BCUT2D eigenvalue weighted by Crippen LogP contribution is -2.48. The molecule has 2 aliphatic rings. The number of nitrogens with zero attached hydrogens (tertiary/aromatic N) is 1. The van der Waals surface area contributed by atoms with Crippen LogP contribution in [0.4, 0.5) is 0 Å². The molecule has 0 amide bonds. The minimum absolute atomic E-state index is 0.455. The summed E-state index contributed by atoms with van der Waals surface area (Å²) >= 11 is 0. The fraction of sp³-hybridized carbons (Fsp3) is 1.00. The van der Waals surface area contributed by atoms with Gasteiger partial charge < -0.3 is 10.1 Å². The quantitative estimate of drug-likeness (QED) is 0.829. The Kier molecular flexibility index (Phi) is 6.11. The predicted molar refractivity (Wildman–Crippen MR) is 80.5 cm³/mol. The Balaban J connectivity index is 1.69. The fourth-order valence-electron chi connectivity index (χ4n) is 3.30. The number of ether oxygens (including phenoxy) is 1. The van der Waals surface area contributed by atoms with Gasteiger partial charge in [-0.1, -0.05) is 20.3 Å². The number of rotatable bonds is 5. The van der Waals surface area contributed by atoms with Crippen LogP contribution in [0.15, 0.2) is 0 Å². The van der Waals surface area contributed by atoms with Crippen molar-refractivity contribution < 1.29 is 4.74 Å². The first-order valence-corrected chi connectivity index (χ1v) is 8.26. The Morgan fingerprint density at radius 3 is 2.58 bits per heavy atom. The third kappa shape index (κ3) is 4.73. The first kappa shape index (κ1) is 15.3. The third-order valence-electron chi connectivity index (χ3n) is 4.77.